The third kappa shape index (κ3) is 3.86. The second-order valence-corrected chi connectivity index (χ2v) is 4.90. The number of imidazole rings is 1. The van der Waals surface area contributed by atoms with E-state index in [4.69, 9.17) is 5.11 Å². The molecule has 0 radical (unpaired) electrons. The summed E-state index contributed by atoms with van der Waals surface area (Å²) in [7, 11) is 0. The fourth-order valence-corrected chi connectivity index (χ4v) is 2.10. The summed E-state index contributed by atoms with van der Waals surface area (Å²) in [6.07, 6.45) is 8.52. The van der Waals surface area contributed by atoms with Gasteiger partial charge < -0.3 is 5.11 Å². The molecule has 0 amide bonds. The van der Waals surface area contributed by atoms with E-state index < -0.39 is 5.97 Å². The number of aromatic nitrogens is 2. The van der Waals surface area contributed by atoms with Gasteiger partial charge >= 0.3 is 5.97 Å². The molecule has 0 aromatic carbocycles. The normalized spacial score (nSPS) is 12.6. The number of carboxylic acids is 1. The van der Waals surface area contributed by atoms with E-state index in [2.05, 4.69) is 29.2 Å². The quantitative estimate of drug-likeness (QED) is 0.722. The Bertz CT molecular complexity index is 385. The lowest BCUT2D eigenvalue weighted by atomic mass is 10.2. The van der Waals surface area contributed by atoms with E-state index in [1.807, 2.05) is 6.20 Å². The van der Waals surface area contributed by atoms with Crippen LogP contribution in [0.4, 0.5) is 0 Å². The van der Waals surface area contributed by atoms with Crippen LogP contribution in [0.1, 0.15) is 45.9 Å². The van der Waals surface area contributed by atoms with Gasteiger partial charge in [0.1, 0.15) is 18.9 Å². The molecule has 1 N–H and O–H groups in total. The van der Waals surface area contributed by atoms with Crippen molar-refractivity contribution in [2.24, 2.45) is 5.92 Å². The van der Waals surface area contributed by atoms with Crippen LogP contribution in [0.5, 0.6) is 0 Å². The monoisotopic (exact) mass is 253 g/mol. The lowest BCUT2D eigenvalue weighted by Gasteiger charge is -2.07. The number of hydrogen-bond acceptors (Lipinski definition) is 1. The molecule has 0 spiro atoms. The fourth-order valence-electron chi connectivity index (χ4n) is 2.10. The molecule has 18 heavy (non-hydrogen) atoms. The lowest BCUT2D eigenvalue weighted by Crippen LogP contribution is -2.41. The van der Waals surface area contributed by atoms with Gasteiger partial charge in [-0.2, -0.15) is 0 Å². The van der Waals surface area contributed by atoms with Crippen LogP contribution in [0.15, 0.2) is 12.4 Å². The lowest BCUT2D eigenvalue weighted by molar-refractivity contribution is -0.707. The first-order valence-corrected chi connectivity index (χ1v) is 6.90. The molecule has 1 heterocycles. The maximum absolute atomic E-state index is 10.9. The average molecular weight is 253 g/mol. The van der Waals surface area contributed by atoms with Crippen LogP contribution in [-0.2, 0) is 24.3 Å². The summed E-state index contributed by atoms with van der Waals surface area (Å²) < 4.78 is 4.36. The molecule has 4 heteroatoms. The predicted octanol–water partition coefficient (Wildman–Crippen LogP) is 2.25. The van der Waals surface area contributed by atoms with E-state index in [1.165, 1.54) is 5.82 Å². The van der Waals surface area contributed by atoms with Gasteiger partial charge in [-0.3, -0.25) is 4.79 Å². The summed E-state index contributed by atoms with van der Waals surface area (Å²) in [4.78, 5) is 10.9. The maximum Gasteiger partial charge on any atom is 0.310 e. The summed E-state index contributed by atoms with van der Waals surface area (Å²) in [6, 6.07) is 0. The van der Waals surface area contributed by atoms with E-state index in [9.17, 15) is 4.79 Å². The van der Waals surface area contributed by atoms with Crippen LogP contribution in [0.2, 0.25) is 0 Å². The van der Waals surface area contributed by atoms with Gasteiger partial charge in [-0.1, -0.05) is 20.3 Å². The highest BCUT2D eigenvalue weighted by molar-refractivity contribution is 5.69. The van der Waals surface area contributed by atoms with Crippen LogP contribution in [0, 0.1) is 5.92 Å². The van der Waals surface area contributed by atoms with Crippen LogP contribution < -0.4 is 4.57 Å². The van der Waals surface area contributed by atoms with Gasteiger partial charge in [0.15, 0.2) is 0 Å². The highest BCUT2D eigenvalue weighted by Gasteiger charge is 2.21. The first kappa shape index (κ1) is 14.7. The minimum Gasteiger partial charge on any atom is -0.481 e. The molecule has 102 valence electrons. The van der Waals surface area contributed by atoms with Crippen molar-refractivity contribution in [1.82, 2.24) is 4.57 Å². The van der Waals surface area contributed by atoms with Crippen LogP contribution in [0.25, 0.3) is 0 Å². The molecule has 1 unspecified atom stereocenters. The second kappa shape index (κ2) is 7.19. The maximum atomic E-state index is 10.9. The van der Waals surface area contributed by atoms with E-state index in [1.54, 1.807) is 6.92 Å². The van der Waals surface area contributed by atoms with Crippen LogP contribution in [-0.4, -0.2) is 15.6 Å². The molecule has 1 atom stereocenters. The Hall–Kier alpha value is -1.32. The largest absolute Gasteiger partial charge is 0.481 e. The van der Waals surface area contributed by atoms with E-state index in [0.717, 1.165) is 32.2 Å². The Kier molecular flexibility index (Phi) is 5.89. The zero-order valence-electron chi connectivity index (χ0n) is 11.7. The topological polar surface area (TPSA) is 46.1 Å². The minimum absolute atomic E-state index is 0.340. The van der Waals surface area contributed by atoms with Gasteiger partial charge in [-0.25, -0.2) is 9.13 Å². The Balaban J connectivity index is 2.85. The summed E-state index contributed by atoms with van der Waals surface area (Å²) in [5, 5.41) is 9.00. The van der Waals surface area contributed by atoms with Crippen LogP contribution in [0.3, 0.4) is 0 Å². The van der Waals surface area contributed by atoms with Crippen molar-refractivity contribution in [3.8, 4) is 0 Å². The molecule has 1 aromatic heterocycles. The summed E-state index contributed by atoms with van der Waals surface area (Å²) in [5.74, 6) is 0.187. The number of carboxylic acid groups (broad SMARTS) is 1. The molecule has 0 saturated carbocycles. The first-order valence-electron chi connectivity index (χ1n) is 6.90. The molecule has 0 fully saturated rings. The van der Waals surface area contributed by atoms with Gasteiger partial charge in [0.25, 0.3) is 5.82 Å². The average Bonchev–Trinajstić information content (AvgIpc) is 2.69. The molecular formula is C14H25N2O2+. The van der Waals surface area contributed by atoms with Gasteiger partial charge in [0.2, 0.25) is 0 Å². The van der Waals surface area contributed by atoms with E-state index >= 15 is 0 Å². The first-order chi connectivity index (χ1) is 8.60. The molecule has 0 saturated heterocycles. The standard InChI is InChI=1S/C14H24N2O2/c1-4-6-7-13-15(8-5-2)9-10-16(13)11-12(3)14(17)18/h9-10,12H,4-8,11H2,1-3H3/p+1. The highest BCUT2D eigenvalue weighted by Crippen LogP contribution is 2.05. The predicted molar refractivity (Wildman–Crippen MR) is 70.3 cm³/mol. The van der Waals surface area contributed by atoms with E-state index in [-0.39, 0.29) is 5.92 Å². The number of aryl methyl sites for hydroxylation is 1. The van der Waals surface area contributed by atoms with Gasteiger partial charge in [0, 0.05) is 6.42 Å². The van der Waals surface area contributed by atoms with Crippen molar-refractivity contribution in [3.63, 3.8) is 0 Å². The number of hydrogen-bond donors (Lipinski definition) is 1. The Labute approximate surface area is 109 Å². The van der Waals surface area contributed by atoms with Crippen molar-refractivity contribution < 1.29 is 14.5 Å². The fraction of sp³-hybridized carbons (Fsp3) is 0.714. The third-order valence-electron chi connectivity index (χ3n) is 3.20. The highest BCUT2D eigenvalue weighted by atomic mass is 16.4. The summed E-state index contributed by atoms with van der Waals surface area (Å²) in [6.45, 7) is 7.67. The number of aliphatic carboxylic acids is 1. The molecule has 0 bridgehead atoms. The molecule has 0 aliphatic rings. The van der Waals surface area contributed by atoms with Crippen molar-refractivity contribution in [3.05, 3.63) is 18.2 Å². The molecule has 0 aliphatic heterocycles. The Morgan fingerprint density at radius 2 is 2.17 bits per heavy atom. The second-order valence-electron chi connectivity index (χ2n) is 4.90. The smallest absolute Gasteiger partial charge is 0.310 e. The minimum atomic E-state index is -0.729. The van der Waals surface area contributed by atoms with Crippen molar-refractivity contribution in [1.29, 1.82) is 0 Å². The molecule has 0 aliphatic carbocycles. The number of nitrogens with zero attached hydrogens (tertiary/aromatic N) is 2. The van der Waals surface area contributed by atoms with Gasteiger partial charge in [-0.15, -0.1) is 0 Å². The summed E-state index contributed by atoms with van der Waals surface area (Å²) in [5.41, 5.74) is 0. The number of carbonyl (C=O) groups is 1. The summed E-state index contributed by atoms with van der Waals surface area (Å²) >= 11 is 0. The SMILES string of the molecule is CCCCc1n(CCC)cc[n+]1CC(C)C(=O)O. The Morgan fingerprint density at radius 1 is 1.44 bits per heavy atom. The number of unbranched alkanes of at least 4 members (excludes halogenated alkanes) is 1. The van der Waals surface area contributed by atoms with Crippen molar-refractivity contribution in [2.75, 3.05) is 0 Å². The zero-order valence-corrected chi connectivity index (χ0v) is 11.7. The molecule has 4 nitrogen and oxygen atoms in total. The van der Waals surface area contributed by atoms with Crippen molar-refractivity contribution >= 4 is 5.97 Å². The third-order valence-corrected chi connectivity index (χ3v) is 3.20. The van der Waals surface area contributed by atoms with Crippen molar-refractivity contribution in [2.45, 2.75) is 59.5 Å². The molecule has 1 rings (SSSR count). The Morgan fingerprint density at radius 3 is 2.72 bits per heavy atom. The molecule has 1 aromatic rings. The number of rotatable bonds is 8. The zero-order chi connectivity index (χ0) is 13.5. The van der Waals surface area contributed by atoms with E-state index in [0.29, 0.717) is 6.54 Å². The van der Waals surface area contributed by atoms with Gasteiger partial charge in [0.05, 0.1) is 12.5 Å². The van der Waals surface area contributed by atoms with Gasteiger partial charge in [-0.05, 0) is 19.8 Å². The van der Waals surface area contributed by atoms with Crippen LogP contribution >= 0.6 is 0 Å². The molecular weight excluding hydrogens is 228 g/mol.